The van der Waals surface area contributed by atoms with Gasteiger partial charge < -0.3 is 4.74 Å². The molecular formula is C9H8Cl3O2-. The van der Waals surface area contributed by atoms with E-state index in [1.807, 2.05) is 0 Å². The van der Waals surface area contributed by atoms with Crippen LogP contribution in [0.15, 0.2) is 24.3 Å². The van der Waals surface area contributed by atoms with Crippen molar-refractivity contribution in [3.05, 3.63) is 29.8 Å². The second kappa shape index (κ2) is 4.47. The fourth-order valence-electron chi connectivity index (χ4n) is 1.05. The summed E-state index contributed by atoms with van der Waals surface area (Å²) in [7, 11) is 0. The van der Waals surface area contributed by atoms with Crippen LogP contribution in [0.5, 0.6) is 0 Å². The van der Waals surface area contributed by atoms with Gasteiger partial charge in [-0.1, -0.05) is 34.8 Å². The van der Waals surface area contributed by atoms with Gasteiger partial charge in [-0.15, -0.1) is 5.56 Å². The van der Waals surface area contributed by atoms with Gasteiger partial charge in [-0.3, -0.25) is 4.79 Å². The van der Waals surface area contributed by atoms with Crippen LogP contribution in [0.1, 0.15) is 18.6 Å². The predicted molar refractivity (Wildman–Crippen MR) is 56.8 cm³/mol. The first kappa shape index (κ1) is 11.8. The van der Waals surface area contributed by atoms with Crippen molar-refractivity contribution in [3.8, 4) is 0 Å². The molecule has 1 atom stereocenters. The lowest BCUT2D eigenvalue weighted by Crippen LogP contribution is -2.21. The number of hydrogen-bond donors (Lipinski definition) is 0. The third kappa shape index (κ3) is 3.12. The fraction of sp³-hybridized carbons (Fsp3) is 0.333. The Morgan fingerprint density at radius 1 is 1.57 bits per heavy atom. The normalized spacial score (nSPS) is 13.7. The maximum atomic E-state index is 10.8. The van der Waals surface area contributed by atoms with Crippen molar-refractivity contribution in [2.75, 3.05) is 0 Å². The molecule has 0 aliphatic rings. The Labute approximate surface area is 97.1 Å². The van der Waals surface area contributed by atoms with Crippen molar-refractivity contribution in [2.45, 2.75) is 16.8 Å². The molecule has 78 valence electrons. The summed E-state index contributed by atoms with van der Waals surface area (Å²) >= 11 is 17.1. The summed E-state index contributed by atoms with van der Waals surface area (Å²) in [6.45, 7) is 1.27. The number of ether oxygens (including phenoxy) is 1. The molecule has 0 aromatic heterocycles. The molecule has 5 heteroatoms. The smallest absolute Gasteiger partial charge is 0.303 e. The van der Waals surface area contributed by atoms with Crippen molar-refractivity contribution in [2.24, 2.45) is 0 Å². The highest BCUT2D eigenvalue weighted by Gasteiger charge is 2.34. The molecule has 0 saturated carbocycles. The zero-order chi connectivity index (χ0) is 10.8. The van der Waals surface area contributed by atoms with Gasteiger partial charge >= 0.3 is 5.97 Å². The first-order chi connectivity index (χ1) is 6.41. The second-order valence-corrected chi connectivity index (χ2v) is 5.12. The van der Waals surface area contributed by atoms with E-state index in [1.54, 1.807) is 24.3 Å². The molecule has 0 radical (unpaired) electrons. The summed E-state index contributed by atoms with van der Waals surface area (Å²) in [4.78, 5) is 10.8. The zero-order valence-corrected chi connectivity index (χ0v) is 9.60. The van der Waals surface area contributed by atoms with Gasteiger partial charge in [0.05, 0.1) is 0 Å². The van der Waals surface area contributed by atoms with Crippen LogP contribution < -0.4 is 0 Å². The number of carbonyl (C=O) groups is 1. The lowest BCUT2D eigenvalue weighted by Gasteiger charge is -2.25. The van der Waals surface area contributed by atoms with Gasteiger partial charge in [0.15, 0.2) is 6.10 Å². The van der Waals surface area contributed by atoms with Crippen LogP contribution in [0.25, 0.3) is 0 Å². The van der Waals surface area contributed by atoms with Crippen molar-refractivity contribution < 1.29 is 9.53 Å². The van der Waals surface area contributed by atoms with Crippen LogP contribution in [0.2, 0.25) is 0 Å². The molecule has 0 bridgehead atoms. The maximum absolute atomic E-state index is 10.8. The number of carbonyl (C=O) groups excluding carboxylic acids is 1. The lowest BCUT2D eigenvalue weighted by atomic mass is 10.2. The van der Waals surface area contributed by atoms with Crippen LogP contribution in [-0.2, 0) is 9.53 Å². The van der Waals surface area contributed by atoms with Gasteiger partial charge in [0.25, 0.3) is 0 Å². The minimum Gasteiger partial charge on any atom is -0.455 e. The lowest BCUT2D eigenvalue weighted by molar-refractivity contribution is -0.146. The molecule has 2 nitrogen and oxygen atoms in total. The molecule has 1 aromatic carbocycles. The Kier molecular flexibility index (Phi) is 3.76. The monoisotopic (exact) mass is 253 g/mol. The zero-order valence-electron chi connectivity index (χ0n) is 7.34. The second-order valence-electron chi connectivity index (χ2n) is 2.75. The van der Waals surface area contributed by atoms with E-state index in [9.17, 15) is 4.79 Å². The molecule has 1 aromatic rings. The highest BCUT2D eigenvalue weighted by Crippen LogP contribution is 2.42. The van der Waals surface area contributed by atoms with E-state index in [4.69, 9.17) is 39.5 Å². The molecule has 1 rings (SSSR count). The number of hydrogen-bond acceptors (Lipinski definition) is 2. The minimum atomic E-state index is -1.65. The van der Waals surface area contributed by atoms with Crippen LogP contribution in [-0.4, -0.2) is 9.76 Å². The van der Waals surface area contributed by atoms with Gasteiger partial charge in [-0.25, -0.2) is 12.1 Å². The summed E-state index contributed by atoms with van der Waals surface area (Å²) < 4.78 is 3.27. The van der Waals surface area contributed by atoms with E-state index in [0.717, 1.165) is 0 Å². The van der Waals surface area contributed by atoms with Crippen LogP contribution in [0, 0.1) is 0 Å². The number of halogens is 3. The van der Waals surface area contributed by atoms with E-state index >= 15 is 0 Å². The average molecular weight is 255 g/mol. The molecule has 0 fully saturated rings. The Bertz CT molecular complexity index is 300. The SMILES string of the molecule is CC(=O)OC(c1ccc[cH-]1)C(Cl)(Cl)Cl. The number of alkyl halides is 3. The van der Waals surface area contributed by atoms with E-state index in [2.05, 4.69) is 0 Å². The summed E-state index contributed by atoms with van der Waals surface area (Å²) in [6, 6.07) is 7.02. The minimum absolute atomic E-state index is 0.484. The molecule has 0 aliphatic heterocycles. The van der Waals surface area contributed by atoms with Crippen molar-refractivity contribution in [1.29, 1.82) is 0 Å². The quantitative estimate of drug-likeness (QED) is 0.459. The van der Waals surface area contributed by atoms with Gasteiger partial charge in [-0.05, 0) is 0 Å². The Morgan fingerprint density at radius 3 is 2.57 bits per heavy atom. The summed E-state index contributed by atoms with van der Waals surface area (Å²) in [6.07, 6.45) is -0.861. The standard InChI is InChI=1S/C9H8Cl3O2/c1-6(13)14-8(9(10,11)12)7-4-2-3-5-7/h2-5,8H,1H3/q-1. The number of rotatable bonds is 2. The van der Waals surface area contributed by atoms with E-state index < -0.39 is 15.9 Å². The third-order valence-electron chi connectivity index (χ3n) is 1.57. The van der Waals surface area contributed by atoms with Gasteiger partial charge in [0, 0.05) is 6.92 Å². The first-order valence-electron chi connectivity index (χ1n) is 3.87. The molecule has 0 amide bonds. The third-order valence-corrected chi connectivity index (χ3v) is 2.17. The van der Waals surface area contributed by atoms with Crippen LogP contribution in [0.4, 0.5) is 0 Å². The fourth-order valence-corrected chi connectivity index (χ4v) is 1.57. The van der Waals surface area contributed by atoms with E-state index in [-0.39, 0.29) is 0 Å². The summed E-state index contributed by atoms with van der Waals surface area (Å²) in [5, 5.41) is 0. The largest absolute Gasteiger partial charge is 0.455 e. The first-order valence-corrected chi connectivity index (χ1v) is 5.00. The van der Waals surface area contributed by atoms with Gasteiger partial charge in [0.2, 0.25) is 3.79 Å². The average Bonchev–Trinajstić information content (AvgIpc) is 2.49. The molecule has 0 N–H and O–H groups in total. The van der Waals surface area contributed by atoms with Crippen molar-refractivity contribution >= 4 is 40.8 Å². The van der Waals surface area contributed by atoms with Crippen LogP contribution in [0.3, 0.4) is 0 Å². The molecule has 0 spiro atoms. The Balaban J connectivity index is 2.89. The topological polar surface area (TPSA) is 26.3 Å². The summed E-state index contributed by atoms with van der Waals surface area (Å²) in [5.74, 6) is -0.484. The predicted octanol–water partition coefficient (Wildman–Crippen LogP) is 3.38. The molecule has 14 heavy (non-hydrogen) atoms. The summed E-state index contributed by atoms with van der Waals surface area (Å²) in [5.41, 5.74) is 0.667. The van der Waals surface area contributed by atoms with E-state index in [0.29, 0.717) is 5.56 Å². The Morgan fingerprint density at radius 2 is 2.21 bits per heavy atom. The van der Waals surface area contributed by atoms with E-state index in [1.165, 1.54) is 6.92 Å². The van der Waals surface area contributed by atoms with Crippen LogP contribution >= 0.6 is 34.8 Å². The van der Waals surface area contributed by atoms with Crippen molar-refractivity contribution in [1.82, 2.24) is 0 Å². The molecular weight excluding hydrogens is 246 g/mol. The maximum Gasteiger partial charge on any atom is 0.303 e. The molecule has 0 aliphatic carbocycles. The highest BCUT2D eigenvalue weighted by atomic mass is 35.6. The van der Waals surface area contributed by atoms with Gasteiger partial charge in [0.1, 0.15) is 0 Å². The van der Waals surface area contributed by atoms with Gasteiger partial charge in [-0.2, -0.15) is 12.1 Å². The number of esters is 1. The molecule has 0 saturated heterocycles. The van der Waals surface area contributed by atoms with Crippen molar-refractivity contribution in [3.63, 3.8) is 0 Å². The highest BCUT2D eigenvalue weighted by molar-refractivity contribution is 6.68. The Hall–Kier alpha value is -0.310. The molecule has 0 heterocycles. The molecule has 1 unspecified atom stereocenters.